The largest absolute Gasteiger partial charge is 0.356 e. The van der Waals surface area contributed by atoms with Crippen molar-refractivity contribution in [1.82, 2.24) is 0 Å². The van der Waals surface area contributed by atoms with Crippen molar-refractivity contribution in [3.8, 4) is 0 Å². The standard InChI is InChI=1S/C28H25N4O4P/c1-31(28(33)16-9-22-5-3-2-4-6-22)26-12-10-24(11-13-26)29-30-25-17-19-32(20-18-25)21-23-7-14-27(15-8-23)37(34,35)36/h2-20H,21H2,1H3,(H-,34,35,36)/p+1. The van der Waals surface area contributed by atoms with Crippen molar-refractivity contribution in [2.24, 2.45) is 10.2 Å². The van der Waals surface area contributed by atoms with Gasteiger partial charge >= 0.3 is 7.60 Å². The highest BCUT2D eigenvalue weighted by Crippen LogP contribution is 2.32. The number of aromatic nitrogens is 1. The molecule has 0 fully saturated rings. The van der Waals surface area contributed by atoms with E-state index in [9.17, 15) is 19.1 Å². The number of hydrogen-bond donors (Lipinski definition) is 2. The number of carbonyl (C=O) groups excluding carboxylic acids is 1. The fourth-order valence-electron chi connectivity index (χ4n) is 3.46. The quantitative estimate of drug-likeness (QED) is 0.151. The summed E-state index contributed by atoms with van der Waals surface area (Å²) >= 11 is 0. The van der Waals surface area contributed by atoms with Crippen LogP contribution in [0.1, 0.15) is 11.1 Å². The zero-order valence-electron chi connectivity index (χ0n) is 20.1. The Kier molecular flexibility index (Phi) is 8.15. The van der Waals surface area contributed by atoms with Gasteiger partial charge in [0, 0.05) is 36.5 Å². The molecule has 4 rings (SSSR count). The Bertz CT molecular complexity index is 1450. The predicted octanol–water partition coefficient (Wildman–Crippen LogP) is 4.92. The molecule has 0 spiro atoms. The molecular formula is C28H26N4O4P+. The molecule has 0 atom stereocenters. The minimum Gasteiger partial charge on any atom is -0.321 e. The molecule has 1 aromatic heterocycles. The number of nitrogens with zero attached hydrogens (tertiary/aromatic N) is 4. The molecule has 37 heavy (non-hydrogen) atoms. The Balaban J connectivity index is 1.33. The van der Waals surface area contributed by atoms with Crippen LogP contribution >= 0.6 is 7.60 Å². The van der Waals surface area contributed by atoms with E-state index in [1.165, 1.54) is 12.1 Å². The average molecular weight is 514 g/mol. The van der Waals surface area contributed by atoms with Crippen molar-refractivity contribution in [3.63, 3.8) is 0 Å². The third-order valence-electron chi connectivity index (χ3n) is 5.58. The lowest BCUT2D eigenvalue weighted by atomic mass is 10.2. The number of rotatable bonds is 8. The number of azo groups is 1. The Labute approximate surface area is 215 Å². The summed E-state index contributed by atoms with van der Waals surface area (Å²) < 4.78 is 13.2. The molecule has 3 aromatic carbocycles. The lowest BCUT2D eigenvalue weighted by Gasteiger charge is -2.15. The van der Waals surface area contributed by atoms with Gasteiger partial charge in [-0.1, -0.05) is 42.5 Å². The third kappa shape index (κ3) is 7.38. The zero-order valence-corrected chi connectivity index (χ0v) is 21.0. The number of amides is 1. The molecule has 0 saturated carbocycles. The molecule has 0 bridgehead atoms. The summed E-state index contributed by atoms with van der Waals surface area (Å²) in [6.45, 7) is 0.549. The smallest absolute Gasteiger partial charge is 0.321 e. The van der Waals surface area contributed by atoms with E-state index < -0.39 is 7.60 Å². The van der Waals surface area contributed by atoms with Crippen LogP contribution in [0, 0.1) is 0 Å². The van der Waals surface area contributed by atoms with E-state index in [0.29, 0.717) is 17.9 Å². The van der Waals surface area contributed by atoms with E-state index in [1.54, 1.807) is 48.4 Å². The molecule has 4 aromatic rings. The van der Waals surface area contributed by atoms with Crippen LogP contribution in [0.2, 0.25) is 0 Å². The summed E-state index contributed by atoms with van der Waals surface area (Å²) in [7, 11) is -2.51. The minimum atomic E-state index is -4.24. The van der Waals surface area contributed by atoms with E-state index in [4.69, 9.17) is 0 Å². The van der Waals surface area contributed by atoms with Gasteiger partial charge in [-0.15, -0.1) is 0 Å². The van der Waals surface area contributed by atoms with Gasteiger partial charge in [0.25, 0.3) is 5.91 Å². The first-order chi connectivity index (χ1) is 17.8. The third-order valence-corrected chi connectivity index (χ3v) is 6.55. The summed E-state index contributed by atoms with van der Waals surface area (Å²) in [6.07, 6.45) is 7.05. The molecule has 0 radical (unpaired) electrons. The summed E-state index contributed by atoms with van der Waals surface area (Å²) in [5, 5.41) is 8.54. The van der Waals surface area contributed by atoms with Crippen LogP contribution in [0.5, 0.6) is 0 Å². The SMILES string of the molecule is CN(C(=O)C=Cc1ccccc1)c1ccc(N=Nc2cc[n+](Cc3ccc(P(=O)(O)O)cc3)cc2)cc1. The number of pyridine rings is 1. The van der Waals surface area contributed by atoms with Gasteiger partial charge in [0.2, 0.25) is 0 Å². The van der Waals surface area contributed by atoms with Gasteiger partial charge in [-0.3, -0.25) is 9.36 Å². The van der Waals surface area contributed by atoms with Gasteiger partial charge in [0.15, 0.2) is 18.9 Å². The molecular weight excluding hydrogens is 487 g/mol. The van der Waals surface area contributed by atoms with Gasteiger partial charge in [-0.25, -0.2) is 4.57 Å². The Hall–Kier alpha value is -4.23. The van der Waals surface area contributed by atoms with E-state index in [0.717, 1.165) is 16.8 Å². The highest BCUT2D eigenvalue weighted by molar-refractivity contribution is 7.60. The molecule has 0 aliphatic carbocycles. The molecule has 0 unspecified atom stereocenters. The van der Waals surface area contributed by atoms with Crippen LogP contribution in [0.25, 0.3) is 6.08 Å². The second kappa shape index (κ2) is 11.7. The Morgan fingerprint density at radius 1 is 0.865 bits per heavy atom. The van der Waals surface area contributed by atoms with Crippen molar-refractivity contribution in [1.29, 1.82) is 0 Å². The van der Waals surface area contributed by atoms with Crippen LogP contribution in [-0.2, 0) is 15.9 Å². The van der Waals surface area contributed by atoms with Crippen LogP contribution in [0.15, 0.2) is 120 Å². The molecule has 1 heterocycles. The lowest BCUT2D eigenvalue weighted by molar-refractivity contribution is -0.688. The Morgan fingerprint density at radius 2 is 1.46 bits per heavy atom. The summed E-state index contributed by atoms with van der Waals surface area (Å²) in [5.74, 6) is -0.131. The van der Waals surface area contributed by atoms with Crippen LogP contribution in [0.4, 0.5) is 17.1 Å². The molecule has 0 saturated heterocycles. The maximum absolute atomic E-state index is 12.5. The molecule has 186 valence electrons. The summed E-state index contributed by atoms with van der Waals surface area (Å²) in [5.41, 5.74) is 3.96. The van der Waals surface area contributed by atoms with Crippen molar-refractivity contribution in [2.75, 3.05) is 11.9 Å². The van der Waals surface area contributed by atoms with Gasteiger partial charge < -0.3 is 14.7 Å². The topological polar surface area (TPSA) is 106 Å². The molecule has 9 heteroatoms. The lowest BCUT2D eigenvalue weighted by Crippen LogP contribution is -2.32. The van der Waals surface area contributed by atoms with E-state index in [2.05, 4.69) is 10.2 Å². The normalized spacial score (nSPS) is 11.8. The molecule has 8 nitrogen and oxygen atoms in total. The molecule has 2 N–H and O–H groups in total. The van der Waals surface area contributed by atoms with Crippen molar-refractivity contribution in [3.05, 3.63) is 121 Å². The highest BCUT2D eigenvalue weighted by atomic mass is 31.2. The second-order valence-electron chi connectivity index (χ2n) is 8.30. The van der Waals surface area contributed by atoms with Gasteiger partial charge in [0.05, 0.1) is 16.7 Å². The van der Waals surface area contributed by atoms with Crippen LogP contribution < -0.4 is 14.8 Å². The fourth-order valence-corrected chi connectivity index (χ4v) is 3.99. The van der Waals surface area contributed by atoms with Gasteiger partial charge in [-0.05, 0) is 48.0 Å². The first-order valence-corrected chi connectivity index (χ1v) is 13.1. The molecule has 1 amide bonds. The van der Waals surface area contributed by atoms with Crippen LogP contribution in [-0.4, -0.2) is 22.7 Å². The average Bonchev–Trinajstić information content (AvgIpc) is 2.91. The van der Waals surface area contributed by atoms with E-state index in [-0.39, 0.29) is 11.2 Å². The summed E-state index contributed by atoms with van der Waals surface area (Å²) in [6, 6.07) is 26.8. The van der Waals surface area contributed by atoms with E-state index >= 15 is 0 Å². The van der Waals surface area contributed by atoms with Gasteiger partial charge in [-0.2, -0.15) is 10.2 Å². The first-order valence-electron chi connectivity index (χ1n) is 11.4. The maximum atomic E-state index is 12.5. The number of hydrogen-bond acceptors (Lipinski definition) is 4. The maximum Gasteiger partial charge on any atom is 0.356 e. The molecule has 0 aliphatic heterocycles. The fraction of sp³-hybridized carbons (Fsp3) is 0.0714. The monoisotopic (exact) mass is 513 g/mol. The zero-order chi connectivity index (χ0) is 26.3. The van der Waals surface area contributed by atoms with Crippen molar-refractivity contribution >= 4 is 41.9 Å². The number of benzene rings is 3. The predicted molar refractivity (Wildman–Crippen MR) is 143 cm³/mol. The van der Waals surface area contributed by atoms with Crippen molar-refractivity contribution < 1.29 is 23.7 Å². The number of carbonyl (C=O) groups is 1. The second-order valence-corrected chi connectivity index (χ2v) is 9.90. The van der Waals surface area contributed by atoms with Crippen molar-refractivity contribution in [2.45, 2.75) is 6.54 Å². The van der Waals surface area contributed by atoms with Crippen LogP contribution in [0.3, 0.4) is 0 Å². The van der Waals surface area contributed by atoms with Gasteiger partial charge in [0.1, 0.15) is 0 Å². The number of likely N-dealkylation sites (N-methyl/N-ethyl adjacent to an activating group) is 1. The number of anilines is 1. The highest BCUT2D eigenvalue weighted by Gasteiger charge is 2.16. The summed E-state index contributed by atoms with van der Waals surface area (Å²) in [4.78, 5) is 32.5. The first kappa shape index (κ1) is 25.9. The minimum absolute atomic E-state index is 0.00295. The van der Waals surface area contributed by atoms with E-state index in [1.807, 2.05) is 71.6 Å². The molecule has 0 aliphatic rings. The Morgan fingerprint density at radius 3 is 2.05 bits per heavy atom.